The molecular weight excluding hydrogens is 486 g/mol. The van der Waals surface area contributed by atoms with Crippen molar-refractivity contribution in [3.63, 3.8) is 0 Å². The van der Waals surface area contributed by atoms with Crippen LogP contribution in [0.1, 0.15) is 41.6 Å². The SMILES string of the molecule is COC(=O)C(NC(=O)C(CCc1ccccc1)CSC(C)=O)c1cccc(Cc2ccc(OC)cc2)c1. The Kier molecular flexibility index (Phi) is 10.8. The van der Waals surface area contributed by atoms with Gasteiger partial charge in [0.1, 0.15) is 5.75 Å². The van der Waals surface area contributed by atoms with E-state index in [0.717, 1.165) is 34.2 Å². The number of aryl methyl sites for hydroxylation is 1. The maximum absolute atomic E-state index is 13.4. The second-order valence-corrected chi connectivity index (χ2v) is 9.96. The Hall–Kier alpha value is -3.58. The third-order valence-electron chi connectivity index (χ3n) is 6.06. The van der Waals surface area contributed by atoms with E-state index in [1.54, 1.807) is 7.11 Å². The minimum atomic E-state index is -0.949. The highest BCUT2D eigenvalue weighted by atomic mass is 32.2. The minimum absolute atomic E-state index is 0.0479. The molecule has 0 saturated heterocycles. The number of methoxy groups -OCH3 is 2. The predicted molar refractivity (Wildman–Crippen MR) is 147 cm³/mol. The smallest absolute Gasteiger partial charge is 0.333 e. The summed E-state index contributed by atoms with van der Waals surface area (Å²) in [6.45, 7) is 1.49. The topological polar surface area (TPSA) is 81.7 Å². The van der Waals surface area contributed by atoms with E-state index in [2.05, 4.69) is 5.32 Å². The van der Waals surface area contributed by atoms with E-state index in [-0.39, 0.29) is 11.0 Å². The number of nitrogens with one attached hydrogen (secondary N) is 1. The highest BCUT2D eigenvalue weighted by molar-refractivity contribution is 8.13. The highest BCUT2D eigenvalue weighted by Gasteiger charge is 2.28. The van der Waals surface area contributed by atoms with Gasteiger partial charge in [-0.25, -0.2) is 4.79 Å². The van der Waals surface area contributed by atoms with E-state index in [9.17, 15) is 14.4 Å². The van der Waals surface area contributed by atoms with Crippen LogP contribution < -0.4 is 10.1 Å². The van der Waals surface area contributed by atoms with Gasteiger partial charge < -0.3 is 14.8 Å². The summed E-state index contributed by atoms with van der Waals surface area (Å²) >= 11 is 1.12. The maximum atomic E-state index is 13.4. The van der Waals surface area contributed by atoms with Crippen LogP contribution in [0.4, 0.5) is 0 Å². The molecule has 0 radical (unpaired) electrons. The van der Waals surface area contributed by atoms with Crippen molar-refractivity contribution < 1.29 is 23.9 Å². The lowest BCUT2D eigenvalue weighted by Gasteiger charge is -2.22. The number of rotatable bonds is 12. The number of benzene rings is 3. The summed E-state index contributed by atoms with van der Waals surface area (Å²) in [5, 5.41) is 2.85. The molecule has 3 rings (SSSR count). The lowest BCUT2D eigenvalue weighted by molar-refractivity contribution is -0.145. The molecule has 0 spiro atoms. The number of hydrogen-bond donors (Lipinski definition) is 1. The van der Waals surface area contributed by atoms with Crippen LogP contribution in [-0.2, 0) is 32.0 Å². The molecule has 0 aliphatic carbocycles. The van der Waals surface area contributed by atoms with Crippen LogP contribution in [-0.4, -0.2) is 37.0 Å². The Morgan fingerprint density at radius 1 is 0.865 bits per heavy atom. The van der Waals surface area contributed by atoms with Crippen molar-refractivity contribution in [3.05, 3.63) is 101 Å². The van der Waals surface area contributed by atoms with Crippen LogP contribution in [0.3, 0.4) is 0 Å². The van der Waals surface area contributed by atoms with Crippen LogP contribution in [0, 0.1) is 5.92 Å². The number of amides is 1. The van der Waals surface area contributed by atoms with E-state index >= 15 is 0 Å². The molecule has 2 unspecified atom stereocenters. The minimum Gasteiger partial charge on any atom is -0.497 e. The zero-order valence-electron chi connectivity index (χ0n) is 21.4. The molecule has 0 bridgehead atoms. The summed E-state index contributed by atoms with van der Waals surface area (Å²) < 4.78 is 10.3. The molecule has 7 heteroatoms. The monoisotopic (exact) mass is 519 g/mol. The van der Waals surface area contributed by atoms with Crippen LogP contribution in [0.2, 0.25) is 0 Å². The zero-order valence-corrected chi connectivity index (χ0v) is 22.3. The van der Waals surface area contributed by atoms with Gasteiger partial charge in [0, 0.05) is 18.6 Å². The Morgan fingerprint density at radius 3 is 2.22 bits per heavy atom. The van der Waals surface area contributed by atoms with Crippen LogP contribution in [0.25, 0.3) is 0 Å². The molecule has 0 heterocycles. The van der Waals surface area contributed by atoms with Gasteiger partial charge in [0.05, 0.1) is 14.2 Å². The maximum Gasteiger partial charge on any atom is 0.333 e. The van der Waals surface area contributed by atoms with Gasteiger partial charge in [-0.2, -0.15) is 0 Å². The predicted octanol–water partition coefficient (Wildman–Crippen LogP) is 5.15. The molecule has 37 heavy (non-hydrogen) atoms. The number of thioether (sulfide) groups is 1. The summed E-state index contributed by atoms with van der Waals surface area (Å²) in [5.74, 6) is -0.129. The molecule has 1 amide bonds. The van der Waals surface area contributed by atoms with Crippen molar-refractivity contribution in [1.82, 2.24) is 5.32 Å². The number of hydrogen-bond acceptors (Lipinski definition) is 6. The average molecular weight is 520 g/mol. The largest absolute Gasteiger partial charge is 0.497 e. The number of carbonyl (C=O) groups excluding carboxylic acids is 3. The first kappa shape index (κ1) is 28.0. The number of esters is 1. The van der Waals surface area contributed by atoms with Gasteiger partial charge in [-0.05, 0) is 53.6 Å². The summed E-state index contributed by atoms with van der Waals surface area (Å²) in [6, 6.07) is 24.3. The number of carbonyl (C=O) groups is 3. The van der Waals surface area contributed by atoms with Crippen molar-refractivity contribution in [2.75, 3.05) is 20.0 Å². The third-order valence-corrected chi connectivity index (χ3v) is 7.03. The van der Waals surface area contributed by atoms with Gasteiger partial charge in [0.25, 0.3) is 0 Å². The second kappa shape index (κ2) is 14.2. The molecule has 6 nitrogen and oxygen atoms in total. The van der Waals surface area contributed by atoms with Crippen molar-refractivity contribution in [2.24, 2.45) is 5.92 Å². The molecular formula is C30H33NO5S. The standard InChI is InChI=1S/C30H33NO5S/c1-21(32)37-20-26(15-12-22-8-5-4-6-9-22)29(33)31-28(30(34)36-3)25-11-7-10-24(19-25)18-23-13-16-27(35-2)17-14-23/h4-11,13-14,16-17,19,26,28H,12,15,18,20H2,1-3H3,(H,31,33). The lowest BCUT2D eigenvalue weighted by Crippen LogP contribution is -2.39. The molecule has 3 aromatic carbocycles. The van der Waals surface area contributed by atoms with Gasteiger partial charge in [0.15, 0.2) is 11.2 Å². The zero-order chi connectivity index (χ0) is 26.6. The van der Waals surface area contributed by atoms with Crippen molar-refractivity contribution in [3.8, 4) is 5.75 Å². The van der Waals surface area contributed by atoms with Crippen molar-refractivity contribution in [1.29, 1.82) is 0 Å². The fraction of sp³-hybridized carbons (Fsp3) is 0.300. The van der Waals surface area contributed by atoms with E-state index in [4.69, 9.17) is 9.47 Å². The third kappa shape index (κ3) is 8.79. The Morgan fingerprint density at radius 2 is 1.57 bits per heavy atom. The molecule has 0 saturated carbocycles. The first-order valence-corrected chi connectivity index (χ1v) is 13.2. The summed E-state index contributed by atoms with van der Waals surface area (Å²) in [4.78, 5) is 37.7. The second-order valence-electron chi connectivity index (χ2n) is 8.76. The van der Waals surface area contributed by atoms with Crippen LogP contribution in [0.5, 0.6) is 5.75 Å². The molecule has 0 aliphatic heterocycles. The van der Waals surface area contributed by atoms with Gasteiger partial charge in [-0.15, -0.1) is 0 Å². The van der Waals surface area contributed by atoms with E-state index in [0.29, 0.717) is 30.6 Å². The first-order valence-electron chi connectivity index (χ1n) is 12.2. The fourth-order valence-corrected chi connectivity index (χ4v) is 4.77. The van der Waals surface area contributed by atoms with Crippen molar-refractivity contribution in [2.45, 2.75) is 32.2 Å². The normalized spacial score (nSPS) is 12.3. The molecule has 0 aliphatic rings. The molecule has 3 aromatic rings. The molecule has 0 fully saturated rings. The lowest BCUT2D eigenvalue weighted by atomic mass is 9.97. The first-order chi connectivity index (χ1) is 17.9. The summed E-state index contributed by atoms with van der Waals surface area (Å²) in [5.41, 5.74) is 3.86. The Balaban J connectivity index is 1.76. The van der Waals surface area contributed by atoms with Crippen LogP contribution >= 0.6 is 11.8 Å². The van der Waals surface area contributed by atoms with E-state index in [1.165, 1.54) is 14.0 Å². The highest BCUT2D eigenvalue weighted by Crippen LogP contribution is 2.22. The van der Waals surface area contributed by atoms with Crippen LogP contribution in [0.15, 0.2) is 78.9 Å². The van der Waals surface area contributed by atoms with Gasteiger partial charge in [-0.1, -0.05) is 78.5 Å². The number of ether oxygens (including phenoxy) is 2. The van der Waals surface area contributed by atoms with E-state index in [1.807, 2.05) is 78.9 Å². The molecule has 194 valence electrons. The molecule has 1 N–H and O–H groups in total. The quantitative estimate of drug-likeness (QED) is 0.334. The summed E-state index contributed by atoms with van der Waals surface area (Å²) in [6.07, 6.45) is 1.91. The fourth-order valence-electron chi connectivity index (χ4n) is 4.01. The average Bonchev–Trinajstić information content (AvgIpc) is 2.92. The Labute approximate surface area is 222 Å². The van der Waals surface area contributed by atoms with Gasteiger partial charge >= 0.3 is 5.97 Å². The Bertz CT molecular complexity index is 1180. The van der Waals surface area contributed by atoms with Gasteiger partial charge in [-0.3, -0.25) is 9.59 Å². The molecule has 0 aromatic heterocycles. The molecule has 2 atom stereocenters. The van der Waals surface area contributed by atoms with Crippen molar-refractivity contribution >= 4 is 28.8 Å². The van der Waals surface area contributed by atoms with E-state index < -0.39 is 17.9 Å². The summed E-state index contributed by atoms with van der Waals surface area (Å²) in [7, 11) is 2.94. The van der Waals surface area contributed by atoms with Gasteiger partial charge in [0.2, 0.25) is 5.91 Å².